The van der Waals surface area contributed by atoms with Crippen LogP contribution in [0.1, 0.15) is 103 Å². The Balaban J connectivity index is 1.40. The minimum absolute atomic E-state index is 0.0297. The predicted octanol–water partition coefficient (Wildman–Crippen LogP) is 7.13. The second-order valence-corrected chi connectivity index (χ2v) is 19.6. The number of aromatic nitrogens is 1. The number of oxazole rings is 1. The van der Waals surface area contributed by atoms with E-state index in [1.54, 1.807) is 0 Å². The van der Waals surface area contributed by atoms with Crippen LogP contribution in [-0.4, -0.2) is 56.6 Å². The van der Waals surface area contributed by atoms with E-state index in [9.17, 15) is 9.59 Å². The molecule has 2 saturated heterocycles. The average molecular weight is 674 g/mol. The van der Waals surface area contributed by atoms with E-state index in [1.807, 2.05) is 32.9 Å². The molecule has 0 unspecified atom stereocenters. The molecule has 2 aliphatic heterocycles. The first-order valence-corrected chi connectivity index (χ1v) is 19.0. The zero-order valence-electron chi connectivity index (χ0n) is 29.3. The zero-order chi connectivity index (χ0) is 34.5. The maximum absolute atomic E-state index is 12.3. The molecule has 0 N–H and O–H groups in total. The quantitative estimate of drug-likeness (QED) is 0.0919. The third-order valence-corrected chi connectivity index (χ3v) is 14.4. The van der Waals surface area contributed by atoms with Crippen molar-refractivity contribution in [2.45, 2.75) is 116 Å². The fourth-order valence-electron chi connectivity index (χ4n) is 7.05. The summed E-state index contributed by atoms with van der Waals surface area (Å²) in [6.07, 6.45) is 5.17. The predicted molar refractivity (Wildman–Crippen MR) is 188 cm³/mol. The summed E-state index contributed by atoms with van der Waals surface area (Å²) < 4.78 is 31.8. The Bertz CT molecular complexity index is 1490. The molecule has 2 fully saturated rings. The second-order valence-electron chi connectivity index (χ2n) is 15.3. The van der Waals surface area contributed by atoms with Crippen molar-refractivity contribution in [1.29, 1.82) is 0 Å². The number of nitrogens with zero attached hydrogens (tertiary/aromatic N) is 1. The van der Waals surface area contributed by atoms with Gasteiger partial charge in [0.2, 0.25) is 6.29 Å². The van der Waals surface area contributed by atoms with Crippen molar-refractivity contribution in [3.05, 3.63) is 90.7 Å². The van der Waals surface area contributed by atoms with Gasteiger partial charge in [0.1, 0.15) is 18.1 Å². The highest BCUT2D eigenvalue weighted by Gasteiger charge is 2.52. The molecule has 2 aromatic carbocycles. The van der Waals surface area contributed by atoms with Gasteiger partial charge >= 0.3 is 5.97 Å². The van der Waals surface area contributed by atoms with Gasteiger partial charge in [-0.2, -0.15) is 0 Å². The van der Waals surface area contributed by atoms with Gasteiger partial charge in [-0.25, -0.2) is 4.98 Å². The fraction of sp³-hybridized carbons (Fsp3) is 0.513. The van der Waals surface area contributed by atoms with Gasteiger partial charge in [0.15, 0.2) is 0 Å². The van der Waals surface area contributed by atoms with E-state index in [0.29, 0.717) is 44.3 Å². The van der Waals surface area contributed by atoms with E-state index in [1.165, 1.54) is 16.6 Å². The number of ether oxygens (including phenoxy) is 3. The smallest absolute Gasteiger partial charge is 0.311 e. The lowest BCUT2D eigenvalue weighted by molar-refractivity contribution is -0.154. The molecule has 0 spiro atoms. The third-order valence-electron chi connectivity index (χ3n) is 9.32. The van der Waals surface area contributed by atoms with Crippen LogP contribution in [0.5, 0.6) is 0 Å². The van der Waals surface area contributed by atoms with Gasteiger partial charge in [-0.05, 0) is 55.4 Å². The zero-order valence-corrected chi connectivity index (χ0v) is 30.3. The van der Waals surface area contributed by atoms with Gasteiger partial charge in [0, 0.05) is 19.3 Å². The summed E-state index contributed by atoms with van der Waals surface area (Å²) in [6, 6.07) is 21.3. The fourth-order valence-corrected chi connectivity index (χ4v) is 11.8. The molecule has 0 aliphatic carbocycles. The third kappa shape index (κ3) is 8.43. The monoisotopic (exact) mass is 673 g/mol. The molecule has 2 aliphatic rings. The summed E-state index contributed by atoms with van der Waals surface area (Å²) >= 11 is 0. The number of rotatable bonds is 11. The molecule has 258 valence electrons. The standard InChI is InChI=1S/C39H51NO7Si/c1-27-20-28(18-19-43-37(42)38(2,3)4)45-29(21-27)22-30-23-31(24-35(46-30)34-26-44-36(25-41)40-34)47-48(39(5,6)7,32-14-10-8-11-15-32)33-16-12-9-13-17-33/h8-17,25-26,28-31,35H,1,18-24H2,2-7H3/t28-,29+,30+,31+,35+/m0/s1. The van der Waals surface area contributed by atoms with Crippen LogP contribution >= 0.6 is 0 Å². The Hall–Kier alpha value is -3.37. The topological polar surface area (TPSA) is 97.1 Å². The van der Waals surface area contributed by atoms with Crippen molar-refractivity contribution >= 4 is 30.9 Å². The molecule has 48 heavy (non-hydrogen) atoms. The summed E-state index contributed by atoms with van der Waals surface area (Å²) in [5, 5.41) is 2.25. The average Bonchev–Trinajstić information content (AvgIpc) is 3.53. The molecule has 0 saturated carbocycles. The molecule has 1 aromatic heterocycles. The molecule has 0 amide bonds. The summed E-state index contributed by atoms with van der Waals surface area (Å²) in [6.45, 7) is 17.0. The van der Waals surface area contributed by atoms with Gasteiger partial charge in [-0.15, -0.1) is 0 Å². The molecule has 8 nitrogen and oxygen atoms in total. The number of hydrogen-bond donors (Lipinski definition) is 0. The Morgan fingerprint density at radius 2 is 1.54 bits per heavy atom. The van der Waals surface area contributed by atoms with E-state index >= 15 is 0 Å². The summed E-state index contributed by atoms with van der Waals surface area (Å²) in [4.78, 5) is 28.2. The van der Waals surface area contributed by atoms with E-state index in [2.05, 4.69) is 80.9 Å². The summed E-state index contributed by atoms with van der Waals surface area (Å²) in [5.74, 6) is -0.185. The van der Waals surface area contributed by atoms with E-state index < -0.39 is 19.8 Å². The van der Waals surface area contributed by atoms with Gasteiger partial charge < -0.3 is 23.1 Å². The van der Waals surface area contributed by atoms with Gasteiger partial charge in [-0.1, -0.05) is 93.6 Å². The second kappa shape index (κ2) is 15.0. The van der Waals surface area contributed by atoms with Gasteiger partial charge in [-0.3, -0.25) is 9.59 Å². The number of aldehydes is 1. The summed E-state index contributed by atoms with van der Waals surface area (Å²) in [5.41, 5.74) is 1.17. The lowest BCUT2D eigenvalue weighted by atomic mass is 9.91. The van der Waals surface area contributed by atoms with Crippen molar-refractivity contribution in [2.24, 2.45) is 5.41 Å². The maximum atomic E-state index is 12.3. The molecule has 5 rings (SSSR count). The van der Waals surface area contributed by atoms with Crippen molar-refractivity contribution < 1.29 is 32.6 Å². The van der Waals surface area contributed by atoms with Crippen LogP contribution in [0.4, 0.5) is 0 Å². The van der Waals surface area contributed by atoms with Crippen LogP contribution in [0.25, 0.3) is 0 Å². The minimum atomic E-state index is -2.85. The van der Waals surface area contributed by atoms with Crippen LogP contribution in [0.2, 0.25) is 5.04 Å². The van der Waals surface area contributed by atoms with Crippen molar-refractivity contribution in [3.8, 4) is 0 Å². The Morgan fingerprint density at radius 1 is 0.917 bits per heavy atom. The van der Waals surface area contributed by atoms with Crippen LogP contribution in [0.15, 0.2) is 83.5 Å². The number of hydrogen-bond acceptors (Lipinski definition) is 8. The molecule has 9 heteroatoms. The first kappa shape index (κ1) is 35.9. The molecular formula is C39H51NO7Si. The highest BCUT2D eigenvalue weighted by molar-refractivity contribution is 6.99. The molecular weight excluding hydrogens is 623 g/mol. The molecule has 0 bridgehead atoms. The van der Waals surface area contributed by atoms with Crippen molar-refractivity contribution in [1.82, 2.24) is 4.98 Å². The first-order valence-electron chi connectivity index (χ1n) is 17.1. The van der Waals surface area contributed by atoms with Crippen LogP contribution in [0.3, 0.4) is 0 Å². The molecule has 3 heterocycles. The van der Waals surface area contributed by atoms with E-state index in [4.69, 9.17) is 23.1 Å². The van der Waals surface area contributed by atoms with Crippen LogP contribution in [-0.2, 0) is 23.4 Å². The van der Waals surface area contributed by atoms with Crippen LogP contribution < -0.4 is 10.4 Å². The minimum Gasteiger partial charge on any atom is -0.465 e. The van der Waals surface area contributed by atoms with Crippen LogP contribution in [0, 0.1) is 5.41 Å². The molecule has 3 aromatic rings. The SMILES string of the molecule is C=C1C[C@H](C[C@@H]2C[C@@H](O[Si](c3ccccc3)(c3ccccc3)C(C)(C)C)C[C@H](c3coc(C=O)n3)O2)O[C@@H](CCOC(=O)C(C)(C)C)C1. The number of benzene rings is 2. The lowest BCUT2D eigenvalue weighted by Gasteiger charge is -2.47. The van der Waals surface area contributed by atoms with Gasteiger partial charge in [0.25, 0.3) is 14.2 Å². The van der Waals surface area contributed by atoms with E-state index in [-0.39, 0.29) is 41.3 Å². The number of carbonyl (C=O) groups is 2. The Morgan fingerprint density at radius 3 is 2.10 bits per heavy atom. The highest BCUT2D eigenvalue weighted by Crippen LogP contribution is 2.42. The number of carbonyl (C=O) groups excluding carboxylic acids is 2. The van der Waals surface area contributed by atoms with E-state index in [0.717, 1.165) is 18.4 Å². The maximum Gasteiger partial charge on any atom is 0.311 e. The Kier molecular flexibility index (Phi) is 11.2. The summed E-state index contributed by atoms with van der Waals surface area (Å²) in [7, 11) is -2.85. The van der Waals surface area contributed by atoms with Crippen molar-refractivity contribution in [3.63, 3.8) is 0 Å². The highest BCUT2D eigenvalue weighted by atomic mass is 28.4. The normalized spacial score (nSPS) is 23.9. The Labute approximate surface area is 286 Å². The first-order chi connectivity index (χ1) is 22.8. The molecule has 0 radical (unpaired) electrons. The van der Waals surface area contributed by atoms with Crippen molar-refractivity contribution in [2.75, 3.05) is 6.61 Å². The molecule has 5 atom stereocenters. The largest absolute Gasteiger partial charge is 0.465 e. The van der Waals surface area contributed by atoms with Gasteiger partial charge in [0.05, 0.1) is 36.4 Å². The lowest BCUT2D eigenvalue weighted by Crippen LogP contribution is -2.68. The number of esters is 1.